The minimum absolute atomic E-state index is 0.0245. The topological polar surface area (TPSA) is 37.8 Å². The predicted octanol–water partition coefficient (Wildman–Crippen LogP) is 4.16. The minimum Gasteiger partial charge on any atom is -0.486 e. The zero-order valence-electron chi connectivity index (χ0n) is 16.5. The number of ether oxygens (including phenoxy) is 2. The first-order valence-corrected chi connectivity index (χ1v) is 10.5. The van der Waals surface area contributed by atoms with E-state index >= 15 is 0 Å². The van der Waals surface area contributed by atoms with Crippen LogP contribution in [0.2, 0.25) is 5.02 Å². The molecule has 5 nitrogen and oxygen atoms in total. The van der Waals surface area contributed by atoms with E-state index in [-0.39, 0.29) is 6.10 Å². The third-order valence-electron chi connectivity index (χ3n) is 5.66. The molecule has 1 atom stereocenters. The number of nitrogens with zero attached hydrogens (tertiary/aromatic N) is 3. The van der Waals surface area contributed by atoms with Crippen molar-refractivity contribution in [3.8, 4) is 11.5 Å². The number of fused-ring (bicyclic) bond motifs is 3. The molecule has 0 saturated carbocycles. The molecule has 2 aliphatic rings. The van der Waals surface area contributed by atoms with Crippen molar-refractivity contribution < 1.29 is 9.47 Å². The Labute approximate surface area is 175 Å². The Bertz CT molecular complexity index is 1020. The maximum atomic E-state index is 6.38. The van der Waals surface area contributed by atoms with Crippen LogP contribution in [0.3, 0.4) is 0 Å². The number of pyridine rings is 1. The van der Waals surface area contributed by atoms with Gasteiger partial charge in [0.15, 0.2) is 11.5 Å². The quantitative estimate of drug-likeness (QED) is 0.649. The van der Waals surface area contributed by atoms with Crippen LogP contribution < -0.4 is 14.4 Å². The van der Waals surface area contributed by atoms with E-state index in [1.54, 1.807) is 0 Å². The van der Waals surface area contributed by atoms with Gasteiger partial charge in [0.2, 0.25) is 0 Å². The Morgan fingerprint density at radius 1 is 1.00 bits per heavy atom. The summed E-state index contributed by atoms with van der Waals surface area (Å²) in [5.74, 6) is 1.64. The molecule has 0 bridgehead atoms. The van der Waals surface area contributed by atoms with Gasteiger partial charge in [0.05, 0.1) is 5.52 Å². The van der Waals surface area contributed by atoms with Crippen molar-refractivity contribution >= 4 is 28.2 Å². The van der Waals surface area contributed by atoms with Crippen LogP contribution in [0.1, 0.15) is 5.69 Å². The molecule has 5 rings (SSSR count). The van der Waals surface area contributed by atoms with Crippen molar-refractivity contribution in [2.75, 3.05) is 44.2 Å². The van der Waals surface area contributed by atoms with Crippen LogP contribution in [-0.4, -0.2) is 55.3 Å². The average Bonchev–Trinajstić information content (AvgIpc) is 2.74. The van der Waals surface area contributed by atoms with E-state index in [1.165, 1.54) is 5.69 Å². The molecular formula is C23H24ClN3O2. The first kappa shape index (κ1) is 18.5. The molecule has 150 valence electrons. The van der Waals surface area contributed by atoms with Gasteiger partial charge in [-0.25, -0.2) is 0 Å². The second-order valence-electron chi connectivity index (χ2n) is 7.73. The lowest BCUT2D eigenvalue weighted by Gasteiger charge is -2.38. The number of piperazine rings is 1. The van der Waals surface area contributed by atoms with Gasteiger partial charge in [-0.05, 0) is 55.5 Å². The lowest BCUT2D eigenvalue weighted by atomic mass is 10.1. The number of benzene rings is 2. The van der Waals surface area contributed by atoms with E-state index < -0.39 is 0 Å². The fourth-order valence-corrected chi connectivity index (χ4v) is 4.22. The van der Waals surface area contributed by atoms with Gasteiger partial charge in [-0.15, -0.1) is 0 Å². The SMILES string of the molecule is Cc1ccc2c3c(ccc2n1)OC[C@H](CN1CCN(c2ccc(Cl)cc2)CC1)O3. The highest BCUT2D eigenvalue weighted by atomic mass is 35.5. The molecule has 0 radical (unpaired) electrons. The van der Waals surface area contributed by atoms with Gasteiger partial charge in [-0.1, -0.05) is 11.6 Å². The molecule has 2 aromatic carbocycles. The van der Waals surface area contributed by atoms with Crippen LogP contribution in [0.25, 0.3) is 10.9 Å². The van der Waals surface area contributed by atoms with Crippen molar-refractivity contribution in [1.29, 1.82) is 0 Å². The highest BCUT2D eigenvalue weighted by Gasteiger charge is 2.27. The van der Waals surface area contributed by atoms with Crippen LogP contribution in [0.5, 0.6) is 11.5 Å². The predicted molar refractivity (Wildman–Crippen MR) is 116 cm³/mol. The van der Waals surface area contributed by atoms with E-state index in [0.29, 0.717) is 6.61 Å². The minimum atomic E-state index is 0.0245. The monoisotopic (exact) mass is 409 g/mol. The van der Waals surface area contributed by atoms with Crippen LogP contribution in [0.15, 0.2) is 48.5 Å². The number of aryl methyl sites for hydroxylation is 1. The van der Waals surface area contributed by atoms with Gasteiger partial charge < -0.3 is 14.4 Å². The van der Waals surface area contributed by atoms with Crippen LogP contribution in [0, 0.1) is 6.92 Å². The number of anilines is 1. The summed E-state index contributed by atoms with van der Waals surface area (Å²) in [6.07, 6.45) is 0.0245. The van der Waals surface area contributed by atoms with Crippen molar-refractivity contribution in [2.24, 2.45) is 0 Å². The summed E-state index contributed by atoms with van der Waals surface area (Å²) >= 11 is 6.01. The second kappa shape index (κ2) is 7.73. The molecular weight excluding hydrogens is 386 g/mol. The largest absolute Gasteiger partial charge is 0.486 e. The summed E-state index contributed by atoms with van der Waals surface area (Å²) < 4.78 is 12.4. The Kier molecular flexibility index (Phi) is 4.94. The molecule has 2 aliphatic heterocycles. The Hall–Kier alpha value is -2.50. The zero-order valence-corrected chi connectivity index (χ0v) is 17.2. The lowest BCUT2D eigenvalue weighted by Crippen LogP contribution is -2.50. The summed E-state index contributed by atoms with van der Waals surface area (Å²) in [5, 5.41) is 1.80. The number of aromatic nitrogens is 1. The van der Waals surface area contributed by atoms with Crippen molar-refractivity contribution in [3.63, 3.8) is 0 Å². The van der Waals surface area contributed by atoms with Gasteiger partial charge in [0, 0.05) is 54.5 Å². The van der Waals surface area contributed by atoms with Crippen LogP contribution in [-0.2, 0) is 0 Å². The Morgan fingerprint density at radius 2 is 1.79 bits per heavy atom. The van der Waals surface area contributed by atoms with E-state index in [1.807, 2.05) is 37.3 Å². The fraction of sp³-hybridized carbons (Fsp3) is 0.348. The molecule has 3 heterocycles. The molecule has 0 aliphatic carbocycles. The summed E-state index contributed by atoms with van der Waals surface area (Å²) in [5.41, 5.74) is 3.18. The van der Waals surface area contributed by atoms with Crippen molar-refractivity contribution in [1.82, 2.24) is 9.88 Å². The van der Waals surface area contributed by atoms with Crippen molar-refractivity contribution in [2.45, 2.75) is 13.0 Å². The first-order chi connectivity index (χ1) is 14.2. The normalized spacial score (nSPS) is 19.5. The molecule has 0 N–H and O–H groups in total. The molecule has 6 heteroatoms. The third kappa shape index (κ3) is 3.85. The molecule has 0 amide bonds. The molecule has 1 aromatic heterocycles. The van der Waals surface area contributed by atoms with Gasteiger partial charge in [0.1, 0.15) is 12.7 Å². The maximum absolute atomic E-state index is 6.38. The number of hydrogen-bond donors (Lipinski definition) is 0. The number of rotatable bonds is 3. The molecule has 29 heavy (non-hydrogen) atoms. The summed E-state index contributed by atoms with van der Waals surface area (Å²) in [7, 11) is 0. The van der Waals surface area contributed by atoms with E-state index in [2.05, 4.69) is 33.0 Å². The molecule has 3 aromatic rings. The molecule has 0 unspecified atom stereocenters. The average molecular weight is 410 g/mol. The van der Waals surface area contributed by atoms with Crippen LogP contribution >= 0.6 is 11.6 Å². The van der Waals surface area contributed by atoms with Gasteiger partial charge in [-0.2, -0.15) is 0 Å². The van der Waals surface area contributed by atoms with E-state index in [9.17, 15) is 0 Å². The number of halogens is 1. The Balaban J connectivity index is 1.23. The van der Waals surface area contributed by atoms with Gasteiger partial charge >= 0.3 is 0 Å². The van der Waals surface area contributed by atoms with Crippen molar-refractivity contribution in [3.05, 3.63) is 59.2 Å². The summed E-state index contributed by atoms with van der Waals surface area (Å²) in [6, 6.07) is 16.1. The maximum Gasteiger partial charge on any atom is 0.171 e. The zero-order chi connectivity index (χ0) is 19.8. The van der Waals surface area contributed by atoms with Gasteiger partial charge in [0.25, 0.3) is 0 Å². The highest BCUT2D eigenvalue weighted by Crippen LogP contribution is 2.38. The summed E-state index contributed by atoms with van der Waals surface area (Å²) in [4.78, 5) is 9.47. The van der Waals surface area contributed by atoms with E-state index in [4.69, 9.17) is 21.1 Å². The second-order valence-corrected chi connectivity index (χ2v) is 8.16. The first-order valence-electron chi connectivity index (χ1n) is 10.1. The molecule has 0 spiro atoms. The smallest absolute Gasteiger partial charge is 0.171 e. The van der Waals surface area contributed by atoms with Gasteiger partial charge in [-0.3, -0.25) is 9.88 Å². The summed E-state index contributed by atoms with van der Waals surface area (Å²) in [6.45, 7) is 7.45. The van der Waals surface area contributed by atoms with E-state index in [0.717, 1.165) is 65.8 Å². The molecule has 1 saturated heterocycles. The standard InChI is InChI=1S/C23H24ClN3O2/c1-16-2-7-20-21(25-16)8-9-22-23(20)29-19(15-28-22)14-26-10-12-27(13-11-26)18-5-3-17(24)4-6-18/h2-9,19H,10-15H2,1H3/t19-/m0/s1. The fourth-order valence-electron chi connectivity index (χ4n) is 4.10. The Morgan fingerprint density at radius 3 is 2.59 bits per heavy atom. The van der Waals surface area contributed by atoms with Crippen LogP contribution in [0.4, 0.5) is 5.69 Å². The lowest BCUT2D eigenvalue weighted by molar-refractivity contribution is 0.0587. The third-order valence-corrected chi connectivity index (χ3v) is 5.91. The number of hydrogen-bond acceptors (Lipinski definition) is 5. The molecule has 1 fully saturated rings. The highest BCUT2D eigenvalue weighted by molar-refractivity contribution is 6.30.